The van der Waals surface area contributed by atoms with E-state index >= 15 is 0 Å². The summed E-state index contributed by atoms with van der Waals surface area (Å²) in [4.78, 5) is 10.1. The number of hydrogen-bond acceptors (Lipinski definition) is 1. The Kier molecular flexibility index (Phi) is 10.9. The SMILES string of the molecule is C[N-]C(C=O)C(C)C.[Rb+]. The number of hydrogen-bond donors (Lipinski definition) is 0. The summed E-state index contributed by atoms with van der Waals surface area (Å²) in [6.45, 7) is 3.96. The molecule has 0 heterocycles. The number of likely N-dealkylation sites (N-methyl/N-ethyl adjacent to an activating group) is 1. The summed E-state index contributed by atoms with van der Waals surface area (Å²) in [5.41, 5.74) is 0. The summed E-state index contributed by atoms with van der Waals surface area (Å²) in [6, 6.07) is -0.102. The molecule has 2 nitrogen and oxygen atoms in total. The number of nitrogens with zero attached hydrogens (tertiary/aromatic N) is 1. The summed E-state index contributed by atoms with van der Waals surface area (Å²) in [7, 11) is 1.67. The van der Waals surface area contributed by atoms with E-state index in [0.29, 0.717) is 5.92 Å². The maximum Gasteiger partial charge on any atom is 1.00 e. The average Bonchev–Trinajstić information content (AvgIpc) is 1.69. The molecule has 1 unspecified atom stereocenters. The maximum atomic E-state index is 10.1. The Morgan fingerprint density at radius 3 is 1.89 bits per heavy atom. The van der Waals surface area contributed by atoms with E-state index in [2.05, 4.69) is 5.32 Å². The molecular weight excluding hydrogens is 188 g/mol. The number of aldehydes is 1. The van der Waals surface area contributed by atoms with Gasteiger partial charge in [0.1, 0.15) is 6.29 Å². The van der Waals surface area contributed by atoms with Crippen molar-refractivity contribution >= 4 is 6.29 Å². The summed E-state index contributed by atoms with van der Waals surface area (Å²) in [5, 5.41) is 3.84. The fourth-order valence-electron chi connectivity index (χ4n) is 0.516. The molecule has 3 heteroatoms. The van der Waals surface area contributed by atoms with E-state index in [1.54, 1.807) is 7.05 Å². The molecule has 0 aromatic heterocycles. The largest absolute Gasteiger partial charge is 1.00 e. The zero-order chi connectivity index (χ0) is 6.57. The van der Waals surface area contributed by atoms with Crippen LogP contribution in [-0.4, -0.2) is 19.4 Å². The van der Waals surface area contributed by atoms with Gasteiger partial charge in [0.2, 0.25) is 0 Å². The van der Waals surface area contributed by atoms with Crippen molar-refractivity contribution in [3.05, 3.63) is 5.32 Å². The molecule has 0 N–H and O–H groups in total. The molecule has 0 amide bonds. The summed E-state index contributed by atoms with van der Waals surface area (Å²) in [6.07, 6.45) is 0.880. The molecule has 0 aliphatic heterocycles. The van der Waals surface area contributed by atoms with Gasteiger partial charge in [-0.25, -0.2) is 0 Å². The predicted octanol–water partition coefficient (Wildman–Crippen LogP) is -1.78. The van der Waals surface area contributed by atoms with Crippen LogP contribution in [0.1, 0.15) is 13.8 Å². The summed E-state index contributed by atoms with van der Waals surface area (Å²) in [5.74, 6) is 0.345. The molecule has 48 valence electrons. The second-order valence-corrected chi connectivity index (χ2v) is 2.13. The molecule has 0 saturated heterocycles. The van der Waals surface area contributed by atoms with Crippen LogP contribution in [0.3, 0.4) is 0 Å². The van der Waals surface area contributed by atoms with Crippen LogP contribution in [0.5, 0.6) is 0 Å². The molecule has 0 fully saturated rings. The fourth-order valence-corrected chi connectivity index (χ4v) is 0.516. The van der Waals surface area contributed by atoms with Crippen molar-refractivity contribution in [1.82, 2.24) is 0 Å². The van der Waals surface area contributed by atoms with Gasteiger partial charge in [0, 0.05) is 0 Å². The van der Waals surface area contributed by atoms with E-state index in [1.165, 1.54) is 0 Å². The Bertz CT molecular complexity index is 75.5. The third-order valence-corrected chi connectivity index (χ3v) is 1.12. The molecule has 9 heavy (non-hydrogen) atoms. The van der Waals surface area contributed by atoms with Crippen molar-refractivity contribution in [2.75, 3.05) is 7.05 Å². The first-order valence-corrected chi connectivity index (χ1v) is 2.76. The van der Waals surface area contributed by atoms with E-state index in [1.807, 2.05) is 13.8 Å². The van der Waals surface area contributed by atoms with Crippen LogP contribution in [0.25, 0.3) is 5.32 Å². The van der Waals surface area contributed by atoms with E-state index in [-0.39, 0.29) is 64.2 Å². The van der Waals surface area contributed by atoms with Crippen molar-refractivity contribution in [2.24, 2.45) is 5.92 Å². The maximum absolute atomic E-state index is 10.1. The number of carbonyl (C=O) groups is 1. The van der Waals surface area contributed by atoms with Crippen LogP contribution >= 0.6 is 0 Å². The smallest absolute Gasteiger partial charge is 0.656 e. The van der Waals surface area contributed by atoms with Gasteiger partial charge in [0.15, 0.2) is 0 Å². The minimum Gasteiger partial charge on any atom is -0.656 e. The molecule has 0 rings (SSSR count). The van der Waals surface area contributed by atoms with E-state index in [9.17, 15) is 4.79 Å². The minimum absolute atomic E-state index is 0. The molecule has 0 aromatic carbocycles. The second-order valence-electron chi connectivity index (χ2n) is 2.13. The standard InChI is InChI=1S/C6H12NO.Rb/c1-5(2)6(4-8)7-3;/h4-6H,1-3H3;/q-1;+1. The molecule has 0 spiro atoms. The van der Waals surface area contributed by atoms with Crippen LogP contribution in [-0.2, 0) is 4.79 Å². The van der Waals surface area contributed by atoms with Gasteiger partial charge in [0.05, 0.1) is 0 Å². The molecule has 1 atom stereocenters. The van der Waals surface area contributed by atoms with Crippen molar-refractivity contribution in [1.29, 1.82) is 0 Å². The second kappa shape index (κ2) is 7.54. The first-order valence-electron chi connectivity index (χ1n) is 2.76. The molecule has 0 aliphatic carbocycles. The Labute approximate surface area is 106 Å². The van der Waals surface area contributed by atoms with Gasteiger partial charge >= 0.3 is 58.2 Å². The van der Waals surface area contributed by atoms with Gasteiger partial charge in [0.25, 0.3) is 0 Å². The third-order valence-electron chi connectivity index (χ3n) is 1.12. The molecule has 0 saturated carbocycles. The Balaban J connectivity index is 0. The Hall–Kier alpha value is 1.44. The molecule has 0 bridgehead atoms. The van der Waals surface area contributed by atoms with Crippen LogP contribution in [0, 0.1) is 5.92 Å². The summed E-state index contributed by atoms with van der Waals surface area (Å²) >= 11 is 0. The quantitative estimate of drug-likeness (QED) is 0.495. The molecule has 0 aliphatic rings. The first kappa shape index (κ1) is 13.1. The minimum atomic E-state index is -0.102. The number of carbonyl (C=O) groups excluding carboxylic acids is 1. The predicted molar refractivity (Wildman–Crippen MR) is 34.0 cm³/mol. The van der Waals surface area contributed by atoms with Gasteiger partial charge in [-0.3, -0.25) is 0 Å². The van der Waals surface area contributed by atoms with E-state index in [0.717, 1.165) is 6.29 Å². The van der Waals surface area contributed by atoms with E-state index in [4.69, 9.17) is 0 Å². The van der Waals surface area contributed by atoms with Crippen LogP contribution < -0.4 is 58.2 Å². The first-order chi connectivity index (χ1) is 3.72. The van der Waals surface area contributed by atoms with Crippen LogP contribution in [0.15, 0.2) is 0 Å². The van der Waals surface area contributed by atoms with Crippen molar-refractivity contribution in [2.45, 2.75) is 19.9 Å². The zero-order valence-corrected chi connectivity index (χ0v) is 11.5. The normalized spacial score (nSPS) is 12.4. The van der Waals surface area contributed by atoms with Gasteiger partial charge in [-0.15, -0.1) is 0 Å². The topological polar surface area (TPSA) is 31.2 Å². The monoisotopic (exact) mass is 199 g/mol. The van der Waals surface area contributed by atoms with Crippen molar-refractivity contribution < 1.29 is 63.0 Å². The van der Waals surface area contributed by atoms with Gasteiger partial charge in [-0.05, 0) is 0 Å². The molecule has 0 radical (unpaired) electrons. The van der Waals surface area contributed by atoms with Gasteiger partial charge in [-0.1, -0.05) is 25.8 Å². The van der Waals surface area contributed by atoms with Crippen LogP contribution in [0.4, 0.5) is 0 Å². The van der Waals surface area contributed by atoms with Gasteiger partial charge in [-0.2, -0.15) is 7.05 Å². The van der Waals surface area contributed by atoms with Crippen molar-refractivity contribution in [3.8, 4) is 0 Å². The molecule has 0 aromatic rings. The van der Waals surface area contributed by atoms with Crippen molar-refractivity contribution in [3.63, 3.8) is 0 Å². The van der Waals surface area contributed by atoms with E-state index < -0.39 is 0 Å². The zero-order valence-electron chi connectivity index (χ0n) is 6.59. The Morgan fingerprint density at radius 2 is 1.89 bits per heavy atom. The third kappa shape index (κ3) is 5.86. The van der Waals surface area contributed by atoms with Crippen LogP contribution in [0.2, 0.25) is 0 Å². The molecular formula is C6H12NORb. The summed E-state index contributed by atoms with van der Waals surface area (Å²) < 4.78 is 0. The Morgan fingerprint density at radius 1 is 1.44 bits per heavy atom. The average molecular weight is 200 g/mol. The number of rotatable bonds is 3. The fraction of sp³-hybridized carbons (Fsp3) is 0.833. The van der Waals surface area contributed by atoms with Gasteiger partial charge < -0.3 is 10.1 Å².